The summed E-state index contributed by atoms with van der Waals surface area (Å²) < 4.78 is 5.39. The average Bonchev–Trinajstić information content (AvgIpc) is 2.62. The second-order valence-electron chi connectivity index (χ2n) is 6.94. The number of para-hydroxylation sites is 1. The van der Waals surface area contributed by atoms with Crippen molar-refractivity contribution in [2.45, 2.75) is 31.8 Å². The van der Waals surface area contributed by atoms with Gasteiger partial charge in [-0.3, -0.25) is 9.69 Å². The lowest BCUT2D eigenvalue weighted by Crippen LogP contribution is -2.53. The zero-order valence-electron chi connectivity index (χ0n) is 14.9. The third-order valence-corrected chi connectivity index (χ3v) is 5.07. The monoisotopic (exact) mass is 331 g/mol. The summed E-state index contributed by atoms with van der Waals surface area (Å²) >= 11 is 0. The van der Waals surface area contributed by atoms with E-state index in [9.17, 15) is 4.79 Å². The second-order valence-corrected chi connectivity index (χ2v) is 6.94. The molecular weight excluding hydrogens is 302 g/mol. The molecule has 0 aromatic heterocycles. The Morgan fingerprint density at radius 1 is 1.17 bits per heavy atom. The molecule has 3 rings (SSSR count). The van der Waals surface area contributed by atoms with E-state index in [-0.39, 0.29) is 6.04 Å². The molecule has 1 atom stereocenters. The van der Waals surface area contributed by atoms with Crippen molar-refractivity contribution in [2.24, 2.45) is 0 Å². The number of benzene rings is 1. The van der Waals surface area contributed by atoms with Crippen LogP contribution in [0.4, 0.5) is 5.69 Å². The van der Waals surface area contributed by atoms with Gasteiger partial charge in [-0.15, -0.1) is 0 Å². The first-order chi connectivity index (χ1) is 11.7. The summed E-state index contributed by atoms with van der Waals surface area (Å²) in [6.45, 7) is 4.65. The second kappa shape index (κ2) is 7.99. The maximum Gasteiger partial charge on any atom is 0.240 e. The number of morpholine rings is 1. The van der Waals surface area contributed by atoms with Gasteiger partial charge in [-0.05, 0) is 31.0 Å². The molecule has 132 valence electrons. The molecule has 1 aromatic rings. The van der Waals surface area contributed by atoms with Crippen molar-refractivity contribution in [3.63, 3.8) is 0 Å². The molecule has 2 aliphatic heterocycles. The number of carbonyl (C=O) groups is 1. The molecule has 0 saturated carbocycles. The van der Waals surface area contributed by atoms with Gasteiger partial charge in [-0.25, -0.2) is 0 Å². The number of nitrogens with zero attached hydrogens (tertiary/aromatic N) is 3. The molecule has 5 nitrogen and oxygen atoms in total. The lowest BCUT2D eigenvalue weighted by molar-refractivity contribution is -0.142. The van der Waals surface area contributed by atoms with Crippen molar-refractivity contribution in [1.29, 1.82) is 0 Å². The minimum atomic E-state index is 0.0204. The van der Waals surface area contributed by atoms with Crippen LogP contribution in [-0.4, -0.2) is 68.7 Å². The summed E-state index contributed by atoms with van der Waals surface area (Å²) in [5, 5.41) is 0. The number of piperidine rings is 1. The topological polar surface area (TPSA) is 36.0 Å². The van der Waals surface area contributed by atoms with Crippen LogP contribution in [0.15, 0.2) is 24.3 Å². The maximum absolute atomic E-state index is 13.0. The predicted molar refractivity (Wildman–Crippen MR) is 96.2 cm³/mol. The lowest BCUT2D eigenvalue weighted by Gasteiger charge is -2.39. The van der Waals surface area contributed by atoms with Crippen molar-refractivity contribution < 1.29 is 9.53 Å². The van der Waals surface area contributed by atoms with E-state index in [0.717, 1.165) is 39.0 Å². The highest BCUT2D eigenvalue weighted by Crippen LogP contribution is 2.25. The van der Waals surface area contributed by atoms with Gasteiger partial charge >= 0.3 is 0 Å². The zero-order chi connectivity index (χ0) is 16.9. The first kappa shape index (κ1) is 17.2. The molecule has 2 heterocycles. The van der Waals surface area contributed by atoms with E-state index < -0.39 is 0 Å². The van der Waals surface area contributed by atoms with E-state index in [2.05, 4.69) is 48.2 Å². The van der Waals surface area contributed by atoms with Crippen LogP contribution in [0, 0.1) is 0 Å². The number of likely N-dealkylation sites (tertiary alicyclic amines) is 1. The normalized spacial score (nSPS) is 22.4. The maximum atomic E-state index is 13.0. The van der Waals surface area contributed by atoms with Gasteiger partial charge in [-0.2, -0.15) is 0 Å². The fourth-order valence-corrected chi connectivity index (χ4v) is 3.75. The van der Waals surface area contributed by atoms with Crippen LogP contribution < -0.4 is 4.90 Å². The van der Waals surface area contributed by atoms with Crippen molar-refractivity contribution in [3.05, 3.63) is 29.8 Å². The number of hydrogen-bond donors (Lipinski definition) is 0. The highest BCUT2D eigenvalue weighted by molar-refractivity contribution is 5.82. The molecule has 0 bridgehead atoms. The summed E-state index contributed by atoms with van der Waals surface area (Å²) in [5.41, 5.74) is 2.53. The molecule has 0 unspecified atom stereocenters. The smallest absolute Gasteiger partial charge is 0.240 e. The van der Waals surface area contributed by atoms with Gasteiger partial charge in [0.2, 0.25) is 5.91 Å². The minimum Gasteiger partial charge on any atom is -0.378 e. The van der Waals surface area contributed by atoms with Crippen LogP contribution in [0.3, 0.4) is 0 Å². The Balaban J connectivity index is 1.74. The molecule has 0 aliphatic carbocycles. The van der Waals surface area contributed by atoms with Crippen LogP contribution >= 0.6 is 0 Å². The van der Waals surface area contributed by atoms with Crippen LogP contribution in [0.1, 0.15) is 24.8 Å². The first-order valence-corrected chi connectivity index (χ1v) is 9.02. The van der Waals surface area contributed by atoms with Crippen LogP contribution in [0.5, 0.6) is 0 Å². The number of rotatable bonds is 4. The third-order valence-electron chi connectivity index (χ3n) is 5.07. The summed E-state index contributed by atoms with van der Waals surface area (Å²) in [6, 6.07) is 8.52. The number of anilines is 1. The Hall–Kier alpha value is -1.59. The van der Waals surface area contributed by atoms with Crippen molar-refractivity contribution in [1.82, 2.24) is 9.80 Å². The largest absolute Gasteiger partial charge is 0.378 e. The third kappa shape index (κ3) is 3.90. The van der Waals surface area contributed by atoms with E-state index in [1.165, 1.54) is 17.7 Å². The summed E-state index contributed by atoms with van der Waals surface area (Å²) in [4.78, 5) is 19.5. The SMILES string of the molecule is CN(C)c1ccccc1CN1CCCC[C@H]1C(=O)N1CCOCC1. The van der Waals surface area contributed by atoms with Gasteiger partial charge in [0, 0.05) is 39.4 Å². The molecule has 0 spiro atoms. The summed E-state index contributed by atoms with van der Waals surface area (Å²) in [6.07, 6.45) is 3.30. The fourth-order valence-electron chi connectivity index (χ4n) is 3.75. The van der Waals surface area contributed by atoms with Gasteiger partial charge in [-0.1, -0.05) is 24.6 Å². The van der Waals surface area contributed by atoms with E-state index in [1.807, 2.05) is 4.90 Å². The van der Waals surface area contributed by atoms with Gasteiger partial charge < -0.3 is 14.5 Å². The number of carbonyl (C=O) groups excluding carboxylic acids is 1. The van der Waals surface area contributed by atoms with E-state index in [0.29, 0.717) is 19.1 Å². The van der Waals surface area contributed by atoms with Crippen LogP contribution in [0.2, 0.25) is 0 Å². The quantitative estimate of drug-likeness (QED) is 0.845. The molecule has 0 N–H and O–H groups in total. The molecule has 2 aliphatic rings. The van der Waals surface area contributed by atoms with Crippen LogP contribution in [-0.2, 0) is 16.1 Å². The molecule has 2 fully saturated rings. The highest BCUT2D eigenvalue weighted by atomic mass is 16.5. The lowest BCUT2D eigenvalue weighted by atomic mass is 9.99. The van der Waals surface area contributed by atoms with Gasteiger partial charge in [0.05, 0.1) is 19.3 Å². The Labute approximate surface area is 145 Å². The molecule has 24 heavy (non-hydrogen) atoms. The molecule has 0 radical (unpaired) electrons. The van der Waals surface area contributed by atoms with Gasteiger partial charge in [0.1, 0.15) is 0 Å². The Bertz CT molecular complexity index is 555. The standard InChI is InChI=1S/C19H29N3O2/c1-20(2)17-8-4-3-7-16(17)15-22-10-6-5-9-18(22)19(23)21-11-13-24-14-12-21/h3-4,7-8,18H,5-6,9-15H2,1-2H3/t18-/m0/s1. The molecule has 1 amide bonds. The highest BCUT2D eigenvalue weighted by Gasteiger charge is 2.32. The molecule has 1 aromatic carbocycles. The number of ether oxygens (including phenoxy) is 1. The van der Waals surface area contributed by atoms with E-state index in [4.69, 9.17) is 4.74 Å². The molecule has 2 saturated heterocycles. The Morgan fingerprint density at radius 2 is 1.92 bits per heavy atom. The zero-order valence-corrected chi connectivity index (χ0v) is 14.9. The predicted octanol–water partition coefficient (Wildman–Crippen LogP) is 1.97. The van der Waals surface area contributed by atoms with Gasteiger partial charge in [0.15, 0.2) is 0 Å². The molecular formula is C19H29N3O2. The van der Waals surface area contributed by atoms with Gasteiger partial charge in [0.25, 0.3) is 0 Å². The molecule has 5 heteroatoms. The van der Waals surface area contributed by atoms with E-state index >= 15 is 0 Å². The van der Waals surface area contributed by atoms with E-state index in [1.54, 1.807) is 0 Å². The fraction of sp³-hybridized carbons (Fsp3) is 0.632. The number of amides is 1. The van der Waals surface area contributed by atoms with Crippen molar-refractivity contribution in [3.8, 4) is 0 Å². The van der Waals surface area contributed by atoms with Crippen molar-refractivity contribution in [2.75, 3.05) is 51.8 Å². The Morgan fingerprint density at radius 3 is 2.67 bits per heavy atom. The number of hydrogen-bond acceptors (Lipinski definition) is 4. The summed E-state index contributed by atoms with van der Waals surface area (Å²) in [7, 11) is 4.15. The average molecular weight is 331 g/mol. The summed E-state index contributed by atoms with van der Waals surface area (Å²) in [5.74, 6) is 0.292. The first-order valence-electron chi connectivity index (χ1n) is 9.02. The Kier molecular flexibility index (Phi) is 5.74. The minimum absolute atomic E-state index is 0.0204. The van der Waals surface area contributed by atoms with Crippen molar-refractivity contribution >= 4 is 11.6 Å². The van der Waals surface area contributed by atoms with Crippen LogP contribution in [0.25, 0.3) is 0 Å².